The summed E-state index contributed by atoms with van der Waals surface area (Å²) in [5.74, 6) is 0.291. The molecule has 3 rings (SSSR count). The zero-order chi connectivity index (χ0) is 18.5. The molecule has 2 aromatic carbocycles. The molecule has 138 valence electrons. The van der Waals surface area contributed by atoms with Crippen molar-refractivity contribution in [3.8, 4) is 5.75 Å². The first kappa shape index (κ1) is 18.7. The van der Waals surface area contributed by atoms with Gasteiger partial charge in [0.2, 0.25) is 0 Å². The Labute approximate surface area is 160 Å². The molecule has 0 unspecified atom stereocenters. The van der Waals surface area contributed by atoms with Gasteiger partial charge < -0.3 is 20.1 Å². The van der Waals surface area contributed by atoms with E-state index in [4.69, 9.17) is 17.0 Å². The number of thiocarbonyl (C=S) groups is 1. The summed E-state index contributed by atoms with van der Waals surface area (Å²) < 4.78 is 5.80. The summed E-state index contributed by atoms with van der Waals surface area (Å²) in [6.45, 7) is 6.25. The van der Waals surface area contributed by atoms with E-state index in [0.717, 1.165) is 30.7 Å². The van der Waals surface area contributed by atoms with Gasteiger partial charge in [-0.2, -0.15) is 0 Å². The first-order valence-corrected chi connectivity index (χ1v) is 9.46. The van der Waals surface area contributed by atoms with Crippen molar-refractivity contribution >= 4 is 23.0 Å². The van der Waals surface area contributed by atoms with Crippen LogP contribution < -0.4 is 5.32 Å². The lowest BCUT2D eigenvalue weighted by Crippen LogP contribution is -2.39. The number of hydrogen-bond acceptors (Lipinski definition) is 3. The second kappa shape index (κ2) is 8.52. The number of para-hydroxylation sites is 1. The van der Waals surface area contributed by atoms with Gasteiger partial charge in [0, 0.05) is 30.9 Å². The summed E-state index contributed by atoms with van der Waals surface area (Å²) in [6, 6.07) is 13.6. The largest absolute Gasteiger partial charge is 0.508 e. The van der Waals surface area contributed by atoms with Crippen molar-refractivity contribution in [2.45, 2.75) is 39.3 Å². The van der Waals surface area contributed by atoms with Crippen molar-refractivity contribution in [3.63, 3.8) is 0 Å². The number of aryl methyl sites for hydroxylation is 1. The first-order valence-electron chi connectivity index (χ1n) is 9.05. The molecular weight excluding hydrogens is 344 g/mol. The molecule has 5 heteroatoms. The van der Waals surface area contributed by atoms with E-state index in [0.29, 0.717) is 24.0 Å². The predicted molar refractivity (Wildman–Crippen MR) is 110 cm³/mol. The molecule has 4 nitrogen and oxygen atoms in total. The number of phenolic OH excluding ortho intramolecular Hbond substituents is 1. The fourth-order valence-corrected chi connectivity index (χ4v) is 3.43. The number of anilines is 1. The van der Waals surface area contributed by atoms with E-state index in [9.17, 15) is 5.11 Å². The minimum absolute atomic E-state index is 0.180. The Morgan fingerprint density at radius 1 is 1.23 bits per heavy atom. The summed E-state index contributed by atoms with van der Waals surface area (Å²) in [7, 11) is 0. The molecule has 0 spiro atoms. The summed E-state index contributed by atoms with van der Waals surface area (Å²) in [6.07, 6.45) is 2.31. The number of rotatable bonds is 5. The lowest BCUT2D eigenvalue weighted by molar-refractivity contribution is 0.0903. The molecule has 0 bridgehead atoms. The van der Waals surface area contributed by atoms with Gasteiger partial charge in [0.15, 0.2) is 5.11 Å². The Morgan fingerprint density at radius 2 is 2.04 bits per heavy atom. The van der Waals surface area contributed by atoms with Crippen molar-refractivity contribution < 1.29 is 9.84 Å². The van der Waals surface area contributed by atoms with E-state index < -0.39 is 0 Å². The molecule has 2 N–H and O–H groups in total. The second-order valence-electron chi connectivity index (χ2n) is 6.82. The van der Waals surface area contributed by atoms with Gasteiger partial charge >= 0.3 is 0 Å². The predicted octanol–water partition coefficient (Wildman–Crippen LogP) is 4.39. The lowest BCUT2D eigenvalue weighted by atomic mass is 10.1. The highest BCUT2D eigenvalue weighted by Gasteiger charge is 2.22. The maximum atomic E-state index is 10.2. The van der Waals surface area contributed by atoms with Crippen LogP contribution in [-0.4, -0.2) is 34.4 Å². The van der Waals surface area contributed by atoms with Gasteiger partial charge in [-0.1, -0.05) is 30.3 Å². The topological polar surface area (TPSA) is 44.7 Å². The van der Waals surface area contributed by atoms with Crippen molar-refractivity contribution in [1.82, 2.24) is 4.90 Å². The van der Waals surface area contributed by atoms with Crippen LogP contribution in [0.15, 0.2) is 42.5 Å². The van der Waals surface area contributed by atoms with Crippen molar-refractivity contribution in [1.29, 1.82) is 0 Å². The first-order chi connectivity index (χ1) is 12.5. The summed E-state index contributed by atoms with van der Waals surface area (Å²) in [5, 5.41) is 14.2. The van der Waals surface area contributed by atoms with Crippen molar-refractivity contribution in [2.75, 3.05) is 18.5 Å². The Kier molecular flexibility index (Phi) is 6.12. The van der Waals surface area contributed by atoms with Gasteiger partial charge in [-0.3, -0.25) is 0 Å². The van der Waals surface area contributed by atoms with Gasteiger partial charge in [-0.15, -0.1) is 0 Å². The normalized spacial score (nSPS) is 16.5. The summed E-state index contributed by atoms with van der Waals surface area (Å²) in [4.78, 5) is 2.09. The number of benzene rings is 2. The Hall–Kier alpha value is -2.11. The Balaban J connectivity index is 1.78. The molecule has 1 aliphatic heterocycles. The zero-order valence-electron chi connectivity index (χ0n) is 15.4. The number of nitrogens with zero attached hydrogens (tertiary/aromatic N) is 1. The minimum Gasteiger partial charge on any atom is -0.508 e. The van der Waals surface area contributed by atoms with E-state index in [1.807, 2.05) is 30.3 Å². The highest BCUT2D eigenvalue weighted by atomic mass is 32.1. The van der Waals surface area contributed by atoms with Gasteiger partial charge in [0.1, 0.15) is 5.75 Å². The monoisotopic (exact) mass is 370 g/mol. The average molecular weight is 371 g/mol. The van der Waals surface area contributed by atoms with E-state index >= 15 is 0 Å². The molecule has 0 saturated carbocycles. The van der Waals surface area contributed by atoms with E-state index in [2.05, 4.69) is 30.1 Å². The van der Waals surface area contributed by atoms with Crippen LogP contribution in [0.5, 0.6) is 5.75 Å². The van der Waals surface area contributed by atoms with Crippen LogP contribution in [0, 0.1) is 13.8 Å². The Morgan fingerprint density at radius 3 is 2.77 bits per heavy atom. The van der Waals surface area contributed by atoms with E-state index in [-0.39, 0.29) is 6.10 Å². The molecule has 1 atom stereocenters. The molecule has 1 aliphatic rings. The van der Waals surface area contributed by atoms with Gasteiger partial charge in [-0.25, -0.2) is 0 Å². The van der Waals surface area contributed by atoms with Crippen molar-refractivity contribution in [3.05, 3.63) is 59.2 Å². The molecule has 0 amide bonds. The molecule has 2 aromatic rings. The number of phenols is 1. The molecule has 26 heavy (non-hydrogen) atoms. The van der Waals surface area contributed by atoms with Crippen LogP contribution in [-0.2, 0) is 11.3 Å². The Bertz CT molecular complexity index is 772. The number of ether oxygens (including phenoxy) is 1. The third-order valence-corrected chi connectivity index (χ3v) is 5.29. The third kappa shape index (κ3) is 4.54. The maximum Gasteiger partial charge on any atom is 0.173 e. The fourth-order valence-electron chi connectivity index (χ4n) is 3.18. The van der Waals surface area contributed by atoms with E-state index in [1.54, 1.807) is 6.07 Å². The molecular formula is C21H26N2O2S. The van der Waals surface area contributed by atoms with E-state index in [1.165, 1.54) is 11.1 Å². The summed E-state index contributed by atoms with van der Waals surface area (Å²) >= 11 is 5.72. The van der Waals surface area contributed by atoms with Crippen LogP contribution in [0.25, 0.3) is 0 Å². The molecule has 1 saturated heterocycles. The second-order valence-corrected chi connectivity index (χ2v) is 7.21. The number of hydrogen-bond donors (Lipinski definition) is 2. The van der Waals surface area contributed by atoms with Crippen LogP contribution >= 0.6 is 12.2 Å². The maximum absolute atomic E-state index is 10.2. The molecule has 0 radical (unpaired) electrons. The number of nitrogens with one attached hydrogen (secondary N) is 1. The van der Waals surface area contributed by atoms with Gasteiger partial charge in [0.05, 0.1) is 6.10 Å². The van der Waals surface area contributed by atoms with Gasteiger partial charge in [0.25, 0.3) is 0 Å². The highest BCUT2D eigenvalue weighted by molar-refractivity contribution is 7.80. The fraction of sp³-hybridized carbons (Fsp3) is 0.381. The molecule has 0 aromatic heterocycles. The number of aromatic hydroxyl groups is 1. The molecule has 0 aliphatic carbocycles. The van der Waals surface area contributed by atoms with Crippen LogP contribution in [0.1, 0.15) is 29.5 Å². The molecule has 1 fully saturated rings. The third-order valence-electron chi connectivity index (χ3n) is 4.93. The zero-order valence-corrected chi connectivity index (χ0v) is 16.2. The average Bonchev–Trinajstić information content (AvgIpc) is 3.13. The lowest BCUT2D eigenvalue weighted by Gasteiger charge is -2.29. The SMILES string of the molecule is Cc1cccc(NC(=S)N(Cc2ccccc2O)C[C@@H]2CCCO2)c1C. The summed E-state index contributed by atoms with van der Waals surface area (Å²) in [5.41, 5.74) is 4.29. The van der Waals surface area contributed by atoms with Gasteiger partial charge in [-0.05, 0) is 62.2 Å². The van der Waals surface area contributed by atoms with Crippen LogP contribution in [0.4, 0.5) is 5.69 Å². The minimum atomic E-state index is 0.180. The van der Waals surface area contributed by atoms with Crippen LogP contribution in [0.3, 0.4) is 0 Å². The highest BCUT2D eigenvalue weighted by Crippen LogP contribution is 2.23. The smallest absolute Gasteiger partial charge is 0.173 e. The van der Waals surface area contributed by atoms with Crippen molar-refractivity contribution in [2.24, 2.45) is 0 Å². The molecule has 1 heterocycles. The standard InChI is InChI=1S/C21H26N2O2S/c1-15-7-5-10-19(16(15)2)22-21(26)23(14-18-9-6-12-25-18)13-17-8-3-4-11-20(17)24/h3-5,7-8,10-11,18,24H,6,9,12-14H2,1-2H3,(H,22,26)/t18-/m0/s1. The van der Waals surface area contributed by atoms with Crippen LogP contribution in [0.2, 0.25) is 0 Å². The quantitative estimate of drug-likeness (QED) is 0.765.